The van der Waals surface area contributed by atoms with Crippen molar-refractivity contribution in [2.24, 2.45) is 16.6 Å². The molecule has 2 fully saturated rings. The van der Waals surface area contributed by atoms with Crippen molar-refractivity contribution in [1.29, 1.82) is 0 Å². The summed E-state index contributed by atoms with van der Waals surface area (Å²) < 4.78 is 13.5. The number of hydrogen-bond acceptors (Lipinski definition) is 5. The number of halogens is 1. The molecule has 0 amide bonds. The number of nitrogens with zero attached hydrogens (tertiary/aromatic N) is 2. The average Bonchev–Trinajstić information content (AvgIpc) is 3.62. The van der Waals surface area contributed by atoms with E-state index < -0.39 is 6.17 Å². The Morgan fingerprint density at radius 3 is 2.00 bits per heavy atom. The summed E-state index contributed by atoms with van der Waals surface area (Å²) >= 11 is 0. The summed E-state index contributed by atoms with van der Waals surface area (Å²) in [6.45, 7) is 30.7. The molecule has 1 aliphatic carbocycles. The van der Waals surface area contributed by atoms with Crippen LogP contribution < -0.4 is 5.73 Å². The van der Waals surface area contributed by atoms with Crippen molar-refractivity contribution in [1.82, 2.24) is 4.90 Å². The molecular formula is C45H82FN3O2. The Morgan fingerprint density at radius 1 is 0.980 bits per heavy atom. The minimum Gasteiger partial charge on any atom is -0.397 e. The molecule has 2 unspecified atom stereocenters. The minimum absolute atomic E-state index is 0.0439. The van der Waals surface area contributed by atoms with Gasteiger partial charge in [0.05, 0.1) is 17.9 Å². The first kappa shape index (κ1) is 52.6. The normalized spacial score (nSPS) is 16.9. The van der Waals surface area contributed by atoms with Gasteiger partial charge in [-0.15, -0.1) is 0 Å². The molecule has 0 spiro atoms. The smallest absolute Gasteiger partial charge is 0.151 e. The fourth-order valence-electron chi connectivity index (χ4n) is 5.05. The van der Waals surface area contributed by atoms with Crippen LogP contribution in [0.4, 0.5) is 4.39 Å². The molecule has 0 bridgehead atoms. The second-order valence-electron chi connectivity index (χ2n) is 13.7. The monoisotopic (exact) mass is 716 g/mol. The van der Waals surface area contributed by atoms with Gasteiger partial charge in [0.2, 0.25) is 0 Å². The first-order valence-electron chi connectivity index (χ1n) is 20.4. The van der Waals surface area contributed by atoms with Gasteiger partial charge >= 0.3 is 0 Å². The van der Waals surface area contributed by atoms with Crippen molar-refractivity contribution in [2.75, 3.05) is 19.6 Å². The highest BCUT2D eigenvalue weighted by Crippen LogP contribution is 2.28. The summed E-state index contributed by atoms with van der Waals surface area (Å²) in [5.74, 6) is 0.999. The highest BCUT2D eigenvalue weighted by Gasteiger charge is 2.25. The molecule has 1 heterocycles. The zero-order valence-corrected chi connectivity index (χ0v) is 35.6. The quantitative estimate of drug-likeness (QED) is 0.163. The molecule has 0 aromatic heterocycles. The summed E-state index contributed by atoms with van der Waals surface area (Å²) in [6.07, 6.45) is 16.8. The number of likely N-dealkylation sites (tertiary alicyclic amines) is 1. The molecule has 6 heteroatoms. The number of ketones is 1. The Morgan fingerprint density at radius 2 is 1.57 bits per heavy atom. The molecule has 0 radical (unpaired) electrons. The molecule has 1 aromatic carbocycles. The molecular weight excluding hydrogens is 634 g/mol. The number of rotatable bonds is 13. The van der Waals surface area contributed by atoms with Gasteiger partial charge in [-0.1, -0.05) is 132 Å². The number of carbonyl (C=O) groups is 2. The van der Waals surface area contributed by atoms with Gasteiger partial charge in [-0.05, 0) is 94.4 Å². The molecule has 5 nitrogen and oxygen atoms in total. The number of alkyl halides is 1. The van der Waals surface area contributed by atoms with E-state index in [-0.39, 0.29) is 12.3 Å². The molecule has 2 aliphatic rings. The lowest BCUT2D eigenvalue weighted by Crippen LogP contribution is -2.37. The molecule has 296 valence electrons. The predicted molar refractivity (Wildman–Crippen MR) is 225 cm³/mol. The summed E-state index contributed by atoms with van der Waals surface area (Å²) in [7, 11) is 0. The van der Waals surface area contributed by atoms with E-state index in [4.69, 9.17) is 5.73 Å². The van der Waals surface area contributed by atoms with Gasteiger partial charge < -0.3 is 15.4 Å². The first-order chi connectivity index (χ1) is 24.3. The summed E-state index contributed by atoms with van der Waals surface area (Å²) in [6, 6.07) is 6.38. The Kier molecular flexibility index (Phi) is 36.8. The molecule has 1 saturated heterocycles. The van der Waals surface area contributed by atoms with Crippen molar-refractivity contribution in [3.63, 3.8) is 0 Å². The maximum Gasteiger partial charge on any atom is 0.151 e. The van der Waals surface area contributed by atoms with E-state index in [9.17, 15) is 14.0 Å². The highest BCUT2D eigenvalue weighted by molar-refractivity contribution is 6.04. The van der Waals surface area contributed by atoms with Gasteiger partial charge in [0.1, 0.15) is 12.5 Å². The summed E-state index contributed by atoms with van der Waals surface area (Å²) in [5.41, 5.74) is 13.6. The third-order valence-electron chi connectivity index (χ3n) is 9.11. The van der Waals surface area contributed by atoms with E-state index >= 15 is 0 Å². The second kappa shape index (κ2) is 35.6. The van der Waals surface area contributed by atoms with Crippen molar-refractivity contribution >= 4 is 17.8 Å². The summed E-state index contributed by atoms with van der Waals surface area (Å²) in [5, 5.41) is 0. The number of piperidine rings is 1. The summed E-state index contributed by atoms with van der Waals surface area (Å²) in [4.78, 5) is 26.9. The van der Waals surface area contributed by atoms with Crippen molar-refractivity contribution in [3.05, 3.63) is 58.4 Å². The fourth-order valence-corrected chi connectivity index (χ4v) is 5.05. The molecule has 3 rings (SSSR count). The fraction of sp³-hybridized carbons (Fsp3) is 0.711. The number of carbonyl (C=O) groups excluding carboxylic acids is 2. The van der Waals surface area contributed by atoms with E-state index in [2.05, 4.69) is 92.1 Å². The number of allylic oxidation sites excluding steroid dienone is 1. The Balaban J connectivity index is -0.000000640. The van der Waals surface area contributed by atoms with E-state index in [1.54, 1.807) is 0 Å². The van der Waals surface area contributed by atoms with Crippen LogP contribution in [0.5, 0.6) is 0 Å². The lowest BCUT2D eigenvalue weighted by Gasteiger charge is -2.33. The highest BCUT2D eigenvalue weighted by atomic mass is 19.1. The Labute approximate surface area is 316 Å². The van der Waals surface area contributed by atoms with Crippen molar-refractivity contribution < 1.29 is 14.0 Å². The zero-order valence-electron chi connectivity index (χ0n) is 35.6. The molecule has 1 saturated carbocycles. The molecule has 2 atom stereocenters. The largest absolute Gasteiger partial charge is 0.397 e. The van der Waals surface area contributed by atoms with Gasteiger partial charge in [0.15, 0.2) is 5.78 Å². The zero-order chi connectivity index (χ0) is 39.6. The molecule has 2 N–H and O–H groups in total. The van der Waals surface area contributed by atoms with Crippen LogP contribution in [0, 0.1) is 26.7 Å². The van der Waals surface area contributed by atoms with Crippen molar-refractivity contribution in [3.8, 4) is 0 Å². The van der Waals surface area contributed by atoms with Crippen LogP contribution in [0.25, 0.3) is 0 Å². The van der Waals surface area contributed by atoms with Crippen LogP contribution in [0.15, 0.2) is 46.7 Å². The number of unbranched alkanes of at least 4 members (excludes halogenated alkanes) is 5. The SMILES string of the molecule is C=C(/C(N)=C1\CCCC1=NCC(C)=O)N1CCCC(F)C1.CC.CCCC.CCCCC=O.CCCCCC(C)CC.Cc1cccc(C)c1C. The number of Topliss-reactive ketones (excluding diaryl/α,β-unsaturated/α-hetero) is 1. The third kappa shape index (κ3) is 27.6. The van der Waals surface area contributed by atoms with Crippen LogP contribution in [0.1, 0.15) is 175 Å². The Bertz CT molecular complexity index is 1070. The standard InChI is InChI=1S/C16H24FN3O.C9H12.C9H20.C5H10O.C4H10.C2H6/c1-11(21)9-19-15-7-3-6-14(15)16(18)12(2)20-8-4-5-13(17)10-20;1-7-5-4-6-8(2)9(7)3;1-4-6-7-8-9(3)5-2;1-2-3-4-5-6;1-3-4-2;1-2/h13H,2-10,18H2,1H3;4-6H,1-3H3;9H,4-8H2,1-3H3;5H,2-4H2,1H3;3-4H2,1-2H3;1-2H3/b16-14-,19-15?;;;;;. The average molecular weight is 716 g/mol. The van der Waals surface area contributed by atoms with Gasteiger partial charge in [0, 0.05) is 25.2 Å². The molecule has 1 aromatic rings. The predicted octanol–water partition coefficient (Wildman–Crippen LogP) is 12.8. The van der Waals surface area contributed by atoms with Crippen LogP contribution in [-0.2, 0) is 9.59 Å². The number of aryl methyl sites for hydroxylation is 2. The van der Waals surface area contributed by atoms with Crippen molar-refractivity contribution in [2.45, 2.75) is 186 Å². The van der Waals surface area contributed by atoms with E-state index in [0.717, 1.165) is 75.0 Å². The first-order valence-corrected chi connectivity index (χ1v) is 20.4. The number of nitrogens with two attached hydrogens (primary N) is 1. The number of hydrogen-bond donors (Lipinski definition) is 1. The Hall–Kier alpha value is -2.76. The van der Waals surface area contributed by atoms with E-state index in [0.29, 0.717) is 24.4 Å². The third-order valence-corrected chi connectivity index (χ3v) is 9.11. The van der Waals surface area contributed by atoms with Crippen LogP contribution in [0.2, 0.25) is 0 Å². The van der Waals surface area contributed by atoms with Crippen LogP contribution in [0.3, 0.4) is 0 Å². The van der Waals surface area contributed by atoms with Gasteiger partial charge in [-0.2, -0.15) is 0 Å². The lowest BCUT2D eigenvalue weighted by atomic mass is 10.0. The van der Waals surface area contributed by atoms with Gasteiger partial charge in [0.25, 0.3) is 0 Å². The minimum atomic E-state index is -0.803. The maximum atomic E-state index is 13.5. The van der Waals surface area contributed by atoms with Crippen LogP contribution >= 0.6 is 0 Å². The molecule has 51 heavy (non-hydrogen) atoms. The molecule has 1 aliphatic heterocycles. The van der Waals surface area contributed by atoms with Gasteiger partial charge in [-0.25, -0.2) is 4.39 Å². The number of aliphatic imine (C=N–C) groups is 1. The second-order valence-corrected chi connectivity index (χ2v) is 13.7. The van der Waals surface area contributed by atoms with Crippen LogP contribution in [-0.4, -0.2) is 48.5 Å². The number of benzene rings is 1. The van der Waals surface area contributed by atoms with Gasteiger partial charge in [-0.3, -0.25) is 9.79 Å². The van der Waals surface area contributed by atoms with E-state index in [1.807, 2.05) is 18.7 Å². The number of aldehydes is 1. The lowest BCUT2D eigenvalue weighted by molar-refractivity contribution is -0.115. The topological polar surface area (TPSA) is 75.8 Å². The van der Waals surface area contributed by atoms with E-state index in [1.165, 1.54) is 68.6 Å². The maximum absolute atomic E-state index is 13.5.